The Morgan fingerprint density at radius 3 is 2.62 bits per heavy atom. The summed E-state index contributed by atoms with van der Waals surface area (Å²) >= 11 is 0. The van der Waals surface area contributed by atoms with E-state index >= 15 is 0 Å². The molecular weight excluding hydrogens is 324 g/mol. The highest BCUT2D eigenvalue weighted by atomic mass is 16.2. The monoisotopic (exact) mass is 354 g/mol. The predicted molar refractivity (Wildman–Crippen MR) is 104 cm³/mol. The van der Waals surface area contributed by atoms with Crippen LogP contribution < -0.4 is 10.6 Å². The number of rotatable bonds is 6. The number of benzene rings is 1. The van der Waals surface area contributed by atoms with Crippen LogP contribution in [0.25, 0.3) is 0 Å². The molecule has 3 rings (SSSR count). The third kappa shape index (κ3) is 3.98. The maximum Gasteiger partial charge on any atom is 0.225 e. The summed E-state index contributed by atoms with van der Waals surface area (Å²) < 4.78 is 1.80. The smallest absolute Gasteiger partial charge is 0.225 e. The van der Waals surface area contributed by atoms with Gasteiger partial charge in [-0.3, -0.25) is 9.48 Å². The van der Waals surface area contributed by atoms with Crippen LogP contribution in [0.1, 0.15) is 49.4 Å². The van der Waals surface area contributed by atoms with Gasteiger partial charge in [0, 0.05) is 32.3 Å². The first-order chi connectivity index (χ1) is 12.5. The highest BCUT2D eigenvalue weighted by Gasteiger charge is 2.36. The zero-order chi connectivity index (χ0) is 18.7. The number of carbonyl (C=O) groups excluding carboxylic acids is 1. The number of nitrogens with one attached hydrogen (secondary N) is 2. The molecule has 2 heterocycles. The third-order valence-electron chi connectivity index (χ3n) is 5.42. The Morgan fingerprint density at radius 1 is 1.31 bits per heavy atom. The summed E-state index contributed by atoms with van der Waals surface area (Å²) in [5.41, 5.74) is 3.62. The summed E-state index contributed by atoms with van der Waals surface area (Å²) in [6.45, 7) is 8.00. The lowest BCUT2D eigenvalue weighted by Crippen LogP contribution is -2.38. The lowest BCUT2D eigenvalue weighted by molar-refractivity contribution is -0.125. The molecule has 140 valence electrons. The quantitative estimate of drug-likeness (QED) is 0.839. The zero-order valence-corrected chi connectivity index (χ0v) is 16.2. The van der Waals surface area contributed by atoms with Crippen LogP contribution >= 0.6 is 0 Å². The van der Waals surface area contributed by atoms with Gasteiger partial charge in [0.1, 0.15) is 0 Å². The van der Waals surface area contributed by atoms with Gasteiger partial charge in [-0.05, 0) is 29.0 Å². The number of nitrogens with zero attached hydrogens (tertiary/aromatic N) is 2. The Kier molecular flexibility index (Phi) is 5.77. The average molecular weight is 354 g/mol. The summed E-state index contributed by atoms with van der Waals surface area (Å²) in [7, 11) is 1.91. The summed E-state index contributed by atoms with van der Waals surface area (Å²) in [5.74, 6) is 0.578. The van der Waals surface area contributed by atoms with Gasteiger partial charge in [0.25, 0.3) is 0 Å². The molecule has 1 saturated heterocycles. The van der Waals surface area contributed by atoms with Gasteiger partial charge in [-0.1, -0.05) is 45.0 Å². The Morgan fingerprint density at radius 2 is 2.04 bits per heavy atom. The minimum atomic E-state index is -0.0598. The van der Waals surface area contributed by atoms with E-state index in [-0.39, 0.29) is 23.8 Å². The van der Waals surface area contributed by atoms with Crippen LogP contribution in [0.2, 0.25) is 0 Å². The molecule has 1 amide bonds. The number of aromatic nitrogens is 2. The zero-order valence-electron chi connectivity index (χ0n) is 16.2. The molecule has 1 unspecified atom stereocenters. The molecule has 1 aromatic heterocycles. The summed E-state index contributed by atoms with van der Waals surface area (Å²) in [6, 6.07) is 8.65. The van der Waals surface area contributed by atoms with Crippen LogP contribution in [0.5, 0.6) is 0 Å². The van der Waals surface area contributed by atoms with Crippen molar-refractivity contribution in [3.05, 3.63) is 53.3 Å². The van der Waals surface area contributed by atoms with E-state index < -0.39 is 0 Å². The Balaban J connectivity index is 1.74. The van der Waals surface area contributed by atoms with E-state index in [0.717, 1.165) is 18.5 Å². The van der Waals surface area contributed by atoms with Gasteiger partial charge in [-0.15, -0.1) is 0 Å². The summed E-state index contributed by atoms with van der Waals surface area (Å²) in [5, 5.41) is 10.9. The van der Waals surface area contributed by atoms with Crippen molar-refractivity contribution in [3.8, 4) is 0 Å². The van der Waals surface area contributed by atoms with Crippen molar-refractivity contribution in [1.29, 1.82) is 0 Å². The van der Waals surface area contributed by atoms with Gasteiger partial charge < -0.3 is 10.6 Å². The van der Waals surface area contributed by atoms with Gasteiger partial charge in [0.15, 0.2) is 0 Å². The second-order valence-corrected chi connectivity index (χ2v) is 7.64. The van der Waals surface area contributed by atoms with Gasteiger partial charge in [-0.2, -0.15) is 5.10 Å². The Hall–Kier alpha value is -2.14. The van der Waals surface area contributed by atoms with Crippen LogP contribution in [-0.2, 0) is 18.3 Å². The number of carbonyl (C=O) groups is 1. The average Bonchev–Trinajstić information content (AvgIpc) is 3.28. The first-order valence-electron chi connectivity index (χ1n) is 9.58. The normalized spacial score (nSPS) is 21.1. The minimum Gasteiger partial charge on any atom is -0.349 e. The lowest BCUT2D eigenvalue weighted by atomic mass is 9.88. The van der Waals surface area contributed by atoms with Crippen LogP contribution in [0.15, 0.2) is 36.7 Å². The van der Waals surface area contributed by atoms with Crippen molar-refractivity contribution in [2.75, 3.05) is 13.1 Å². The van der Waals surface area contributed by atoms with Crippen molar-refractivity contribution in [2.45, 2.75) is 39.2 Å². The molecule has 26 heavy (non-hydrogen) atoms. The fourth-order valence-electron chi connectivity index (χ4n) is 3.79. The van der Waals surface area contributed by atoms with E-state index in [9.17, 15) is 4.79 Å². The van der Waals surface area contributed by atoms with Crippen molar-refractivity contribution in [1.82, 2.24) is 20.4 Å². The minimum absolute atomic E-state index is 0.0311. The van der Waals surface area contributed by atoms with Gasteiger partial charge in [-0.25, -0.2) is 0 Å². The fourth-order valence-corrected chi connectivity index (χ4v) is 3.79. The van der Waals surface area contributed by atoms with E-state index in [4.69, 9.17) is 0 Å². The fraction of sp³-hybridized carbons (Fsp3) is 0.524. The molecule has 0 bridgehead atoms. The van der Waals surface area contributed by atoms with Crippen LogP contribution in [0.4, 0.5) is 0 Å². The van der Waals surface area contributed by atoms with Gasteiger partial charge in [0.2, 0.25) is 5.91 Å². The number of aryl methyl sites for hydroxylation is 2. The second kappa shape index (κ2) is 8.04. The predicted octanol–water partition coefficient (Wildman–Crippen LogP) is 2.80. The molecule has 2 N–H and O–H groups in total. The summed E-state index contributed by atoms with van der Waals surface area (Å²) in [6.07, 6.45) is 4.92. The van der Waals surface area contributed by atoms with Gasteiger partial charge in [0.05, 0.1) is 18.2 Å². The molecule has 2 aromatic rings. The molecule has 1 fully saturated rings. The second-order valence-electron chi connectivity index (χ2n) is 7.64. The maximum atomic E-state index is 13.1. The number of amides is 1. The third-order valence-corrected chi connectivity index (χ3v) is 5.42. The first-order valence-corrected chi connectivity index (χ1v) is 9.58. The molecule has 3 atom stereocenters. The molecule has 0 aliphatic carbocycles. The first kappa shape index (κ1) is 18.6. The highest BCUT2D eigenvalue weighted by molar-refractivity contribution is 5.81. The van der Waals surface area contributed by atoms with Crippen molar-refractivity contribution in [2.24, 2.45) is 18.9 Å². The summed E-state index contributed by atoms with van der Waals surface area (Å²) in [4.78, 5) is 13.1. The van der Waals surface area contributed by atoms with Crippen LogP contribution in [0.3, 0.4) is 0 Å². The molecule has 1 aromatic carbocycles. The van der Waals surface area contributed by atoms with Crippen molar-refractivity contribution >= 4 is 5.91 Å². The number of hydrogen-bond acceptors (Lipinski definition) is 3. The highest BCUT2D eigenvalue weighted by Crippen LogP contribution is 2.30. The molecule has 5 nitrogen and oxygen atoms in total. The SMILES string of the molecule is CCc1ccc(C(NC(=O)[C@H]2CNC[C@@H]2c2cnn(C)c2)C(C)C)cc1. The molecule has 0 spiro atoms. The van der Waals surface area contributed by atoms with E-state index in [0.29, 0.717) is 12.5 Å². The van der Waals surface area contributed by atoms with E-state index in [2.05, 4.69) is 60.8 Å². The Labute approximate surface area is 156 Å². The molecular formula is C21H30N4O. The van der Waals surface area contributed by atoms with Crippen LogP contribution in [-0.4, -0.2) is 28.8 Å². The standard InChI is InChI=1S/C21H30N4O/c1-5-15-6-8-16(9-7-15)20(14(2)3)24-21(26)19-12-22-11-18(19)17-10-23-25(4)13-17/h6-10,13-14,18-20,22H,5,11-12H2,1-4H3,(H,24,26)/t18-,19+,20?/m1/s1. The molecule has 0 radical (unpaired) electrons. The van der Waals surface area contributed by atoms with Crippen LogP contribution in [0, 0.1) is 11.8 Å². The molecule has 0 saturated carbocycles. The Bertz CT molecular complexity index is 735. The van der Waals surface area contributed by atoms with E-state index in [1.807, 2.05) is 19.4 Å². The number of hydrogen-bond donors (Lipinski definition) is 2. The largest absolute Gasteiger partial charge is 0.349 e. The molecule has 1 aliphatic rings. The van der Waals surface area contributed by atoms with E-state index in [1.165, 1.54) is 11.1 Å². The van der Waals surface area contributed by atoms with E-state index in [1.54, 1.807) is 4.68 Å². The topological polar surface area (TPSA) is 59.0 Å². The molecule has 5 heteroatoms. The van der Waals surface area contributed by atoms with Crippen molar-refractivity contribution in [3.63, 3.8) is 0 Å². The maximum absolute atomic E-state index is 13.1. The van der Waals surface area contributed by atoms with Gasteiger partial charge >= 0.3 is 0 Å². The lowest BCUT2D eigenvalue weighted by Gasteiger charge is -2.26. The van der Waals surface area contributed by atoms with Crippen molar-refractivity contribution < 1.29 is 4.79 Å². The molecule has 1 aliphatic heterocycles.